The van der Waals surface area contributed by atoms with Crippen LogP contribution in [-0.2, 0) is 18.9 Å². The van der Waals surface area contributed by atoms with Gasteiger partial charge in [-0.05, 0) is 68.6 Å². The predicted molar refractivity (Wildman–Crippen MR) is 163 cm³/mol. The molecule has 3 saturated carbocycles. The molecule has 6 atom stereocenters. The monoisotopic (exact) mass is 592 g/mol. The molecule has 2 amide bonds. The Bertz CT molecular complexity index is 980. The number of unbranched alkanes of at least 4 members (excludes halogenated alkanes) is 4. The van der Waals surface area contributed by atoms with Gasteiger partial charge in [0.05, 0.1) is 17.6 Å². The molecular weight excluding hydrogens is 539 g/mol. The van der Waals surface area contributed by atoms with Crippen molar-refractivity contribution < 1.29 is 23.9 Å². The van der Waals surface area contributed by atoms with Crippen LogP contribution in [0.4, 0.5) is 0 Å². The van der Waals surface area contributed by atoms with Crippen molar-refractivity contribution in [1.82, 2.24) is 16.1 Å². The van der Waals surface area contributed by atoms with E-state index >= 15 is 0 Å². The topological polar surface area (TPSA) is 170 Å². The first kappa shape index (κ1) is 34.1. The second kappa shape index (κ2) is 14.9. The fraction of sp³-hybridized carbons (Fsp3) is 0.897. The van der Waals surface area contributed by atoms with E-state index < -0.39 is 18.2 Å². The lowest BCUT2D eigenvalue weighted by molar-refractivity contribution is -0.525. The van der Waals surface area contributed by atoms with Gasteiger partial charge < -0.3 is 25.7 Å². The predicted octanol–water partition coefficient (Wildman–Crippen LogP) is 3.51. The minimum Gasteiger partial charge on any atom is -0.404 e. The number of guanidine groups is 1. The van der Waals surface area contributed by atoms with Gasteiger partial charge in [0.2, 0.25) is 11.8 Å². The number of carbonyl (C=O) groups is 2. The van der Waals surface area contributed by atoms with E-state index in [0.29, 0.717) is 37.5 Å². The Hall–Kier alpha value is -2.41. The summed E-state index contributed by atoms with van der Waals surface area (Å²) in [5.74, 6) is 0.185. The van der Waals surface area contributed by atoms with Crippen molar-refractivity contribution in [3.63, 3.8) is 0 Å². The molecule has 0 aromatic rings. The zero-order valence-electron chi connectivity index (χ0n) is 26.4. The molecule has 42 heavy (non-hydrogen) atoms. The molecule has 0 spiro atoms. The van der Waals surface area contributed by atoms with Crippen LogP contribution in [0.25, 0.3) is 0 Å². The Morgan fingerprint density at radius 3 is 2.48 bits per heavy atom. The summed E-state index contributed by atoms with van der Waals surface area (Å²) >= 11 is 0. The van der Waals surface area contributed by atoms with E-state index in [9.17, 15) is 19.7 Å². The molecule has 0 unspecified atom stereocenters. The maximum atomic E-state index is 13.7. The first-order chi connectivity index (χ1) is 19.8. The Morgan fingerprint density at radius 2 is 1.83 bits per heavy atom. The number of hydrogen-bond donors (Lipinski definition) is 4. The standard InChI is InChI=1S/C29H53BN6O6/c1-7-8-9-10-11-14-25(37)33-21(13-12-15-32-27(31)35-36(39)40)26(38)34-24(16-19(2)3)30-41-23-18-20-17-22(28(20,4)5)29(23,6)42-30/h19-24H,7-18H2,1-6H3,(H,33,37)(H,34,38)(H3,31,32,35)/t20-,21+,22-,23-,24+,29+/m1/s1. The molecule has 4 aliphatic rings. The summed E-state index contributed by atoms with van der Waals surface area (Å²) in [7, 11) is -0.561. The molecular formula is C29H53BN6O6. The smallest absolute Gasteiger partial charge is 0.404 e. The summed E-state index contributed by atoms with van der Waals surface area (Å²) in [6.07, 6.45) is 8.95. The molecule has 0 radical (unpaired) electrons. The van der Waals surface area contributed by atoms with Crippen molar-refractivity contribution in [2.45, 2.75) is 136 Å². The largest absolute Gasteiger partial charge is 0.481 e. The van der Waals surface area contributed by atoms with Gasteiger partial charge in [-0.25, -0.2) is 15.1 Å². The Morgan fingerprint density at radius 1 is 1.12 bits per heavy atom. The first-order valence-electron chi connectivity index (χ1n) is 15.9. The van der Waals surface area contributed by atoms with Crippen LogP contribution < -0.4 is 21.8 Å². The summed E-state index contributed by atoms with van der Waals surface area (Å²) in [5.41, 5.74) is 7.15. The van der Waals surface area contributed by atoms with Crippen LogP contribution in [0.2, 0.25) is 0 Å². The third-order valence-electron chi connectivity index (χ3n) is 9.65. The Kier molecular flexibility index (Phi) is 12.1. The maximum absolute atomic E-state index is 13.7. The van der Waals surface area contributed by atoms with Gasteiger partial charge in [-0.1, -0.05) is 65.7 Å². The number of aliphatic imine (C=N–C) groups is 1. The maximum Gasteiger partial charge on any atom is 0.481 e. The number of amides is 2. The van der Waals surface area contributed by atoms with Gasteiger partial charge in [-0.15, -0.1) is 0 Å². The number of rotatable bonds is 17. The molecule has 5 N–H and O–H groups in total. The second-order valence-corrected chi connectivity index (χ2v) is 13.6. The minimum absolute atomic E-state index is 0.00476. The molecule has 1 aliphatic heterocycles. The fourth-order valence-electron chi connectivity index (χ4n) is 7.15. The number of nitrogens with zero attached hydrogens (tertiary/aromatic N) is 2. The molecule has 2 bridgehead atoms. The van der Waals surface area contributed by atoms with Crippen LogP contribution in [0.3, 0.4) is 0 Å². The van der Waals surface area contributed by atoms with E-state index in [0.717, 1.165) is 44.9 Å². The number of hydrogen-bond acceptors (Lipinski definition) is 7. The summed E-state index contributed by atoms with van der Waals surface area (Å²) in [6.45, 7) is 13.3. The van der Waals surface area contributed by atoms with Crippen LogP contribution in [0, 0.1) is 33.3 Å². The van der Waals surface area contributed by atoms with Crippen molar-refractivity contribution in [1.29, 1.82) is 0 Å². The highest BCUT2D eigenvalue weighted by Gasteiger charge is 2.68. The fourth-order valence-corrected chi connectivity index (χ4v) is 7.15. The molecule has 0 aromatic carbocycles. The third kappa shape index (κ3) is 8.58. The average molecular weight is 593 g/mol. The van der Waals surface area contributed by atoms with Crippen LogP contribution in [-0.4, -0.2) is 60.2 Å². The molecule has 1 heterocycles. The van der Waals surface area contributed by atoms with Gasteiger partial charge in [0.25, 0.3) is 5.96 Å². The number of carbonyl (C=O) groups excluding carboxylic acids is 2. The van der Waals surface area contributed by atoms with Crippen LogP contribution in [0.1, 0.15) is 112 Å². The summed E-state index contributed by atoms with van der Waals surface area (Å²) in [6, 6.07) is -0.784. The third-order valence-corrected chi connectivity index (χ3v) is 9.65. The number of hydrazine groups is 1. The molecule has 12 nitrogen and oxygen atoms in total. The van der Waals surface area contributed by atoms with Crippen LogP contribution >= 0.6 is 0 Å². The van der Waals surface area contributed by atoms with E-state index in [1.165, 1.54) is 0 Å². The highest BCUT2D eigenvalue weighted by molar-refractivity contribution is 6.48. The lowest BCUT2D eigenvalue weighted by atomic mass is 9.43. The van der Waals surface area contributed by atoms with E-state index in [1.807, 2.05) is 5.43 Å². The number of nitrogens with two attached hydrogens (primary N) is 1. The van der Waals surface area contributed by atoms with E-state index in [2.05, 4.69) is 57.2 Å². The van der Waals surface area contributed by atoms with Crippen LogP contribution in [0.15, 0.2) is 4.99 Å². The lowest BCUT2D eigenvalue weighted by Gasteiger charge is -2.64. The summed E-state index contributed by atoms with van der Waals surface area (Å²) in [4.78, 5) is 41.0. The average Bonchev–Trinajstić information content (AvgIpc) is 3.26. The second-order valence-electron chi connectivity index (χ2n) is 13.6. The summed E-state index contributed by atoms with van der Waals surface area (Å²) < 4.78 is 13.2. The molecule has 1 saturated heterocycles. The molecule has 4 fully saturated rings. The molecule has 238 valence electrons. The molecule has 13 heteroatoms. The normalized spacial score (nSPS) is 27.5. The van der Waals surface area contributed by atoms with Crippen LogP contribution in [0.5, 0.6) is 0 Å². The SMILES string of the molecule is CCCCCCCC(=O)N[C@@H](CCCN=C(N)N[N+](=O)[O-])C(=O)N[C@@H](CC(C)C)B1O[C@@H]2C[C@H]3C[C@H](C3(C)C)[C@]2(C)O1. The summed E-state index contributed by atoms with van der Waals surface area (Å²) in [5, 5.41) is 15.9. The van der Waals surface area contributed by atoms with Gasteiger partial charge in [0.1, 0.15) is 6.04 Å². The van der Waals surface area contributed by atoms with E-state index in [1.54, 1.807) is 0 Å². The van der Waals surface area contributed by atoms with Gasteiger partial charge in [0.15, 0.2) is 5.03 Å². The van der Waals surface area contributed by atoms with Crippen molar-refractivity contribution in [3.05, 3.63) is 10.1 Å². The van der Waals surface area contributed by atoms with Gasteiger partial charge >= 0.3 is 7.12 Å². The number of nitro groups is 1. The zero-order valence-corrected chi connectivity index (χ0v) is 26.4. The highest BCUT2D eigenvalue weighted by Crippen LogP contribution is 2.65. The van der Waals surface area contributed by atoms with Crippen molar-refractivity contribution in [2.24, 2.45) is 33.9 Å². The van der Waals surface area contributed by atoms with Crippen molar-refractivity contribution >= 4 is 24.9 Å². The van der Waals surface area contributed by atoms with Gasteiger partial charge in [-0.2, -0.15) is 0 Å². The lowest BCUT2D eigenvalue weighted by Crippen LogP contribution is -2.65. The zero-order chi connectivity index (χ0) is 31.1. The molecule has 0 aromatic heterocycles. The highest BCUT2D eigenvalue weighted by atomic mass is 16.7. The first-order valence-corrected chi connectivity index (χ1v) is 15.9. The Labute approximate surface area is 251 Å². The molecule has 3 aliphatic carbocycles. The minimum atomic E-state index is -0.784. The molecule has 4 rings (SSSR count). The van der Waals surface area contributed by atoms with E-state index in [4.69, 9.17) is 15.0 Å². The van der Waals surface area contributed by atoms with Gasteiger partial charge in [0, 0.05) is 13.0 Å². The number of nitrogens with one attached hydrogen (secondary N) is 3. The Balaban J connectivity index is 1.66. The quantitative estimate of drug-likeness (QED) is 0.0497. The van der Waals surface area contributed by atoms with Gasteiger partial charge in [-0.3, -0.25) is 9.59 Å². The van der Waals surface area contributed by atoms with Crippen molar-refractivity contribution in [2.75, 3.05) is 6.54 Å². The van der Waals surface area contributed by atoms with E-state index in [-0.39, 0.29) is 53.3 Å². The van der Waals surface area contributed by atoms with Crippen molar-refractivity contribution in [3.8, 4) is 0 Å².